The first-order valence-corrected chi connectivity index (χ1v) is 12.2. The summed E-state index contributed by atoms with van der Waals surface area (Å²) in [6.45, 7) is 5.02. The van der Waals surface area contributed by atoms with Crippen LogP contribution in [0.3, 0.4) is 0 Å². The third kappa shape index (κ3) is 18.7. The molecule has 0 saturated carbocycles. The molecule has 0 aliphatic heterocycles. The number of hydrogen-bond acceptors (Lipinski definition) is 4. The lowest BCUT2D eigenvalue weighted by Crippen LogP contribution is -2.36. The van der Waals surface area contributed by atoms with Crippen molar-refractivity contribution in [2.45, 2.75) is 117 Å². The molecule has 0 radical (unpaired) electrons. The van der Waals surface area contributed by atoms with Crippen LogP contribution in [0.1, 0.15) is 117 Å². The topological polar surface area (TPSA) is 66.8 Å². The Morgan fingerprint density at radius 3 is 1.69 bits per heavy atom. The van der Waals surface area contributed by atoms with Gasteiger partial charge in [-0.1, -0.05) is 90.9 Å². The first kappa shape index (κ1) is 27.9. The van der Waals surface area contributed by atoms with Gasteiger partial charge in [0.05, 0.1) is 13.2 Å². The number of unbranched alkanes of at least 4 members (excludes halogenated alkanes) is 12. The molecule has 0 aliphatic rings. The number of hydrogen-bond donors (Lipinski definition) is 1. The number of aliphatic hydroxyl groups excluding tert-OH is 1. The van der Waals surface area contributed by atoms with E-state index in [0.29, 0.717) is 25.9 Å². The van der Waals surface area contributed by atoms with E-state index < -0.39 is 0 Å². The molecular formula is C24H47NO4. The molecule has 1 N–H and O–H groups in total. The highest BCUT2D eigenvalue weighted by Gasteiger charge is 2.12. The smallest absolute Gasteiger partial charge is 0.305 e. The fourth-order valence-corrected chi connectivity index (χ4v) is 3.48. The summed E-state index contributed by atoms with van der Waals surface area (Å²) >= 11 is 0. The molecule has 0 bridgehead atoms. The molecule has 0 aromatic rings. The van der Waals surface area contributed by atoms with Crippen molar-refractivity contribution in [1.29, 1.82) is 0 Å². The van der Waals surface area contributed by atoms with E-state index in [-0.39, 0.29) is 25.1 Å². The second kappa shape index (κ2) is 21.6. The van der Waals surface area contributed by atoms with Crippen molar-refractivity contribution in [3.05, 3.63) is 0 Å². The number of ether oxygens (including phenoxy) is 1. The summed E-state index contributed by atoms with van der Waals surface area (Å²) in [7, 11) is 0. The molecule has 0 aromatic carbocycles. The molecule has 0 unspecified atom stereocenters. The Bertz CT molecular complexity index is 387. The fourth-order valence-electron chi connectivity index (χ4n) is 3.48. The first-order valence-electron chi connectivity index (χ1n) is 12.2. The SMILES string of the molecule is CCCCCCCCCCCCCCCC(=O)OCCN(CCO)C(=O)CCC. The van der Waals surface area contributed by atoms with Crippen LogP contribution in [-0.2, 0) is 14.3 Å². The Balaban J connectivity index is 3.48. The Hall–Kier alpha value is -1.10. The largest absolute Gasteiger partial charge is 0.464 e. The number of aliphatic hydroxyl groups is 1. The van der Waals surface area contributed by atoms with Crippen molar-refractivity contribution in [2.75, 3.05) is 26.3 Å². The summed E-state index contributed by atoms with van der Waals surface area (Å²) in [6, 6.07) is 0. The van der Waals surface area contributed by atoms with Crippen LogP contribution in [0.4, 0.5) is 0 Å². The average Bonchev–Trinajstić information content (AvgIpc) is 2.71. The maximum absolute atomic E-state index is 11.9. The lowest BCUT2D eigenvalue weighted by atomic mass is 10.0. The van der Waals surface area contributed by atoms with Gasteiger partial charge in [0.15, 0.2) is 0 Å². The van der Waals surface area contributed by atoms with Gasteiger partial charge in [-0.15, -0.1) is 0 Å². The Morgan fingerprint density at radius 2 is 1.21 bits per heavy atom. The van der Waals surface area contributed by atoms with Crippen LogP contribution >= 0.6 is 0 Å². The van der Waals surface area contributed by atoms with Crippen LogP contribution in [0.25, 0.3) is 0 Å². The van der Waals surface area contributed by atoms with Gasteiger partial charge in [-0.05, 0) is 12.8 Å². The molecule has 0 rings (SSSR count). The number of carbonyl (C=O) groups is 2. The maximum Gasteiger partial charge on any atom is 0.305 e. The second-order valence-electron chi connectivity index (χ2n) is 8.07. The predicted octanol–water partition coefficient (Wildman–Crippen LogP) is 5.63. The Morgan fingerprint density at radius 1 is 0.690 bits per heavy atom. The minimum Gasteiger partial charge on any atom is -0.464 e. The van der Waals surface area contributed by atoms with Crippen LogP contribution in [0, 0.1) is 0 Å². The summed E-state index contributed by atoms with van der Waals surface area (Å²) in [5, 5.41) is 9.05. The van der Waals surface area contributed by atoms with E-state index in [1.54, 1.807) is 4.90 Å². The lowest BCUT2D eigenvalue weighted by molar-refractivity contribution is -0.146. The quantitative estimate of drug-likeness (QED) is 0.195. The number of rotatable bonds is 21. The van der Waals surface area contributed by atoms with Gasteiger partial charge in [0, 0.05) is 19.4 Å². The highest BCUT2D eigenvalue weighted by atomic mass is 16.5. The summed E-state index contributed by atoms with van der Waals surface area (Å²) in [5.41, 5.74) is 0. The Kier molecular flexibility index (Phi) is 20.8. The van der Waals surface area contributed by atoms with Gasteiger partial charge in [0.2, 0.25) is 5.91 Å². The van der Waals surface area contributed by atoms with Crippen molar-refractivity contribution in [1.82, 2.24) is 4.90 Å². The molecule has 29 heavy (non-hydrogen) atoms. The molecule has 0 atom stereocenters. The standard InChI is InChI=1S/C24H47NO4/c1-3-5-6-7-8-9-10-11-12-13-14-15-16-18-24(28)29-22-20-25(19-21-26)23(27)17-4-2/h26H,3-22H2,1-2H3. The number of amides is 1. The summed E-state index contributed by atoms with van der Waals surface area (Å²) in [6.07, 6.45) is 18.4. The van der Waals surface area contributed by atoms with Crippen LogP contribution in [0.2, 0.25) is 0 Å². The van der Waals surface area contributed by atoms with Gasteiger partial charge >= 0.3 is 5.97 Å². The first-order chi connectivity index (χ1) is 14.2. The van der Waals surface area contributed by atoms with Gasteiger partial charge in [0.1, 0.15) is 6.61 Å². The highest BCUT2D eigenvalue weighted by molar-refractivity contribution is 5.76. The van der Waals surface area contributed by atoms with Gasteiger partial charge in [-0.3, -0.25) is 9.59 Å². The van der Waals surface area contributed by atoms with Gasteiger partial charge in [0.25, 0.3) is 0 Å². The molecule has 1 amide bonds. The van der Waals surface area contributed by atoms with E-state index in [2.05, 4.69) is 6.92 Å². The molecule has 172 valence electrons. The molecule has 5 nitrogen and oxygen atoms in total. The molecule has 0 aromatic heterocycles. The zero-order valence-corrected chi connectivity index (χ0v) is 19.3. The zero-order chi connectivity index (χ0) is 21.6. The summed E-state index contributed by atoms with van der Waals surface area (Å²) in [4.78, 5) is 25.3. The van der Waals surface area contributed by atoms with E-state index in [1.807, 2.05) is 6.92 Å². The molecule has 0 aliphatic carbocycles. The minimum absolute atomic E-state index is 0.00842. The van der Waals surface area contributed by atoms with E-state index in [1.165, 1.54) is 70.6 Å². The minimum atomic E-state index is -0.181. The molecular weight excluding hydrogens is 366 g/mol. The van der Waals surface area contributed by atoms with Gasteiger partial charge in [-0.25, -0.2) is 0 Å². The summed E-state index contributed by atoms with van der Waals surface area (Å²) < 4.78 is 5.24. The normalized spacial score (nSPS) is 10.9. The van der Waals surface area contributed by atoms with Crippen molar-refractivity contribution in [2.24, 2.45) is 0 Å². The second-order valence-corrected chi connectivity index (χ2v) is 8.07. The van der Waals surface area contributed by atoms with E-state index in [9.17, 15) is 9.59 Å². The molecule has 5 heteroatoms. The van der Waals surface area contributed by atoms with E-state index >= 15 is 0 Å². The lowest BCUT2D eigenvalue weighted by Gasteiger charge is -2.21. The van der Waals surface area contributed by atoms with Crippen molar-refractivity contribution >= 4 is 11.9 Å². The van der Waals surface area contributed by atoms with Crippen molar-refractivity contribution in [3.8, 4) is 0 Å². The van der Waals surface area contributed by atoms with Crippen LogP contribution in [0.5, 0.6) is 0 Å². The number of carbonyl (C=O) groups excluding carboxylic acids is 2. The third-order valence-corrected chi connectivity index (χ3v) is 5.30. The zero-order valence-electron chi connectivity index (χ0n) is 19.3. The van der Waals surface area contributed by atoms with Crippen LogP contribution in [0.15, 0.2) is 0 Å². The fraction of sp³-hybridized carbons (Fsp3) is 0.917. The molecule has 0 saturated heterocycles. The van der Waals surface area contributed by atoms with Crippen LogP contribution in [-0.4, -0.2) is 48.2 Å². The molecule has 0 heterocycles. The van der Waals surface area contributed by atoms with Crippen molar-refractivity contribution < 1.29 is 19.4 Å². The van der Waals surface area contributed by atoms with Gasteiger partial charge < -0.3 is 14.7 Å². The maximum atomic E-state index is 11.9. The van der Waals surface area contributed by atoms with E-state index in [4.69, 9.17) is 9.84 Å². The summed E-state index contributed by atoms with van der Waals surface area (Å²) in [5.74, 6) is -0.172. The number of esters is 1. The third-order valence-electron chi connectivity index (χ3n) is 5.30. The number of nitrogens with zero attached hydrogens (tertiary/aromatic N) is 1. The highest BCUT2D eigenvalue weighted by Crippen LogP contribution is 2.13. The monoisotopic (exact) mass is 413 g/mol. The predicted molar refractivity (Wildman–Crippen MR) is 120 cm³/mol. The van der Waals surface area contributed by atoms with E-state index in [0.717, 1.165) is 19.3 Å². The molecule has 0 spiro atoms. The van der Waals surface area contributed by atoms with Crippen LogP contribution < -0.4 is 0 Å². The molecule has 0 fully saturated rings. The van der Waals surface area contributed by atoms with Crippen molar-refractivity contribution in [3.63, 3.8) is 0 Å². The Labute approximate surface area is 179 Å². The average molecular weight is 414 g/mol. The van der Waals surface area contributed by atoms with Gasteiger partial charge in [-0.2, -0.15) is 0 Å².